The Labute approximate surface area is 195 Å². The number of nitrogens with zero attached hydrogens (tertiary/aromatic N) is 5. The van der Waals surface area contributed by atoms with Gasteiger partial charge in [0.15, 0.2) is 0 Å². The van der Waals surface area contributed by atoms with Crippen LogP contribution in [0.4, 0.5) is 17.6 Å². The summed E-state index contributed by atoms with van der Waals surface area (Å²) in [6.07, 6.45) is 5.04. The molecule has 11 heteroatoms. The topological polar surface area (TPSA) is 145 Å². The van der Waals surface area contributed by atoms with E-state index in [1.54, 1.807) is 17.7 Å². The summed E-state index contributed by atoms with van der Waals surface area (Å²) in [5.41, 5.74) is 13.4. The number of nitrogen functional groups attached to an aromatic ring is 2. The molecule has 0 saturated carbocycles. The first kappa shape index (κ1) is 21.6. The van der Waals surface area contributed by atoms with Gasteiger partial charge in [-0.15, -0.1) is 11.3 Å². The first-order chi connectivity index (χ1) is 15.8. The average molecular weight is 469 g/mol. The van der Waals surface area contributed by atoms with Gasteiger partial charge >= 0.3 is 0 Å². The minimum atomic E-state index is -0.396. The van der Waals surface area contributed by atoms with Crippen molar-refractivity contribution in [1.29, 1.82) is 0 Å². The quantitative estimate of drug-likeness (QED) is 0.525. The fraction of sp³-hybridized carbons (Fsp3) is 0.500. The smallest absolute Gasteiger partial charge is 0.225 e. The lowest BCUT2D eigenvalue weighted by atomic mass is 9.90. The van der Waals surface area contributed by atoms with E-state index in [0.29, 0.717) is 44.2 Å². The molecule has 5 heterocycles. The number of nitrogens with one attached hydrogen (secondary N) is 1. The highest BCUT2D eigenvalue weighted by Crippen LogP contribution is 2.42. The molecule has 0 aromatic carbocycles. The van der Waals surface area contributed by atoms with Crippen LogP contribution in [0.2, 0.25) is 0 Å². The molecule has 1 spiro atoms. The number of carbonyl (C=O) groups is 1. The summed E-state index contributed by atoms with van der Waals surface area (Å²) < 4.78 is 6.22. The maximum Gasteiger partial charge on any atom is 0.225 e. The normalized spacial score (nSPS) is 20.0. The van der Waals surface area contributed by atoms with Crippen molar-refractivity contribution in [3.63, 3.8) is 0 Å². The summed E-state index contributed by atoms with van der Waals surface area (Å²) in [5.74, 6) is 1.91. The van der Waals surface area contributed by atoms with Gasteiger partial charge in [-0.25, -0.2) is 9.97 Å². The molecule has 0 aliphatic carbocycles. The number of aromatic nitrogens is 4. The number of hydrogen-bond acceptors (Lipinski definition) is 10. The second kappa shape index (κ2) is 8.29. The molecule has 0 bridgehead atoms. The van der Waals surface area contributed by atoms with Crippen LogP contribution in [-0.2, 0) is 11.2 Å². The lowest BCUT2D eigenvalue weighted by Crippen LogP contribution is -2.37. The number of nitrogens with two attached hydrogens (primary N) is 2. The Morgan fingerprint density at radius 1 is 1.24 bits per heavy atom. The largest absolute Gasteiger partial charge is 0.470 e. The number of thiophene rings is 1. The molecule has 5 N–H and O–H groups in total. The molecule has 174 valence electrons. The zero-order valence-electron chi connectivity index (χ0n) is 18.8. The molecule has 3 aromatic heterocycles. The highest BCUT2D eigenvalue weighted by Gasteiger charge is 2.43. The van der Waals surface area contributed by atoms with Crippen molar-refractivity contribution < 1.29 is 9.53 Å². The van der Waals surface area contributed by atoms with Crippen LogP contribution < -0.4 is 21.5 Å². The van der Waals surface area contributed by atoms with Gasteiger partial charge < -0.3 is 26.4 Å². The van der Waals surface area contributed by atoms with E-state index in [2.05, 4.69) is 39.1 Å². The van der Waals surface area contributed by atoms with Crippen LogP contribution in [0.25, 0.3) is 10.2 Å². The lowest BCUT2D eigenvalue weighted by molar-refractivity contribution is -0.131. The van der Waals surface area contributed by atoms with E-state index in [1.807, 2.05) is 4.90 Å². The maximum absolute atomic E-state index is 13.0. The second-order valence-corrected chi connectivity index (χ2v) is 10.0. The number of likely N-dealkylation sites (tertiary alicyclic amines) is 1. The summed E-state index contributed by atoms with van der Waals surface area (Å²) in [6.45, 7) is 6.04. The molecule has 0 unspecified atom stereocenters. The summed E-state index contributed by atoms with van der Waals surface area (Å²) in [5, 5.41) is 4.39. The summed E-state index contributed by atoms with van der Waals surface area (Å²) >= 11 is 1.66. The summed E-state index contributed by atoms with van der Waals surface area (Å²) in [7, 11) is 0. The van der Waals surface area contributed by atoms with Gasteiger partial charge in [0.05, 0.1) is 10.9 Å². The Kier molecular flexibility index (Phi) is 5.43. The summed E-state index contributed by atoms with van der Waals surface area (Å²) in [6, 6.07) is 0. The zero-order valence-corrected chi connectivity index (χ0v) is 19.7. The van der Waals surface area contributed by atoms with E-state index in [9.17, 15) is 4.79 Å². The third kappa shape index (κ3) is 4.01. The van der Waals surface area contributed by atoms with Gasteiger partial charge in [-0.3, -0.25) is 4.79 Å². The number of hydrogen-bond donors (Lipinski definition) is 3. The van der Waals surface area contributed by atoms with Gasteiger partial charge in [0.25, 0.3) is 0 Å². The van der Waals surface area contributed by atoms with E-state index >= 15 is 0 Å². The predicted octanol–water partition coefficient (Wildman–Crippen LogP) is 2.45. The monoisotopic (exact) mass is 468 g/mol. The molecule has 33 heavy (non-hydrogen) atoms. The number of aryl methyl sites for hydroxylation is 2. The zero-order chi connectivity index (χ0) is 23.2. The van der Waals surface area contributed by atoms with Crippen molar-refractivity contribution in [2.45, 2.75) is 51.6 Å². The Bertz CT molecular complexity index is 1230. The molecular weight excluding hydrogens is 440 g/mol. The van der Waals surface area contributed by atoms with E-state index in [0.717, 1.165) is 40.9 Å². The lowest BCUT2D eigenvalue weighted by Gasteiger charge is -2.27. The Balaban J connectivity index is 1.19. The molecule has 5 rings (SSSR count). The van der Waals surface area contributed by atoms with Crippen molar-refractivity contribution in [3.8, 4) is 5.88 Å². The van der Waals surface area contributed by atoms with Gasteiger partial charge in [-0.1, -0.05) is 0 Å². The number of fused-ring (bicyclic) bond motifs is 2. The van der Waals surface area contributed by atoms with Crippen molar-refractivity contribution in [2.24, 2.45) is 0 Å². The highest BCUT2D eigenvalue weighted by atomic mass is 32.1. The Morgan fingerprint density at radius 2 is 2.09 bits per heavy atom. The Morgan fingerprint density at radius 3 is 2.94 bits per heavy atom. The van der Waals surface area contributed by atoms with Crippen molar-refractivity contribution in [3.05, 3.63) is 22.3 Å². The molecule has 0 radical (unpaired) electrons. The van der Waals surface area contributed by atoms with Crippen LogP contribution in [0.5, 0.6) is 5.88 Å². The van der Waals surface area contributed by atoms with Gasteiger partial charge in [0, 0.05) is 43.8 Å². The minimum Gasteiger partial charge on any atom is -0.470 e. The average Bonchev–Trinajstić information content (AvgIpc) is 3.19. The van der Waals surface area contributed by atoms with Crippen LogP contribution in [0.1, 0.15) is 41.7 Å². The standard InChI is InChI=1S/C22H28N8O2S/c1-12-13(2)33-20-16(12)18(26-11-27-20)25-7-4-15(31)30-8-3-5-22(6-9-30)10-14-17(23)28-21(24)29-19(14)32-22/h11H,3-10H2,1-2H3,(H,25,26,27)(H4,23,24,28,29)/t22-/m1/s1. The van der Waals surface area contributed by atoms with Crippen LogP contribution >= 0.6 is 11.3 Å². The molecular formula is C22H28N8O2S. The number of anilines is 3. The van der Waals surface area contributed by atoms with Gasteiger partial charge in [0.1, 0.15) is 28.4 Å². The number of ether oxygens (including phenoxy) is 1. The maximum atomic E-state index is 13.0. The number of amides is 1. The molecule has 1 amide bonds. The molecule has 1 saturated heterocycles. The molecule has 2 aliphatic rings. The molecule has 1 fully saturated rings. The summed E-state index contributed by atoms with van der Waals surface area (Å²) in [4.78, 5) is 34.1. The molecule has 2 aliphatic heterocycles. The number of rotatable bonds is 4. The van der Waals surface area contributed by atoms with Crippen molar-refractivity contribution in [1.82, 2.24) is 24.8 Å². The first-order valence-electron chi connectivity index (χ1n) is 11.2. The molecule has 3 aromatic rings. The van der Waals surface area contributed by atoms with Crippen molar-refractivity contribution >= 4 is 45.0 Å². The van der Waals surface area contributed by atoms with Gasteiger partial charge in [-0.05, 0) is 32.3 Å². The van der Waals surface area contributed by atoms with E-state index < -0.39 is 5.60 Å². The fourth-order valence-electron chi connectivity index (χ4n) is 4.77. The minimum absolute atomic E-state index is 0.120. The van der Waals surface area contributed by atoms with Gasteiger partial charge in [-0.2, -0.15) is 9.97 Å². The van der Waals surface area contributed by atoms with E-state index in [-0.39, 0.29) is 11.9 Å². The number of carbonyl (C=O) groups excluding carboxylic acids is 1. The SMILES string of the molecule is Cc1sc2ncnc(NCCC(=O)N3CCC[C@@]4(CC3)Cc3c(N)nc(N)nc3O4)c2c1C. The first-order valence-corrected chi connectivity index (χ1v) is 12.0. The molecule has 1 atom stereocenters. The third-order valence-electron chi connectivity index (χ3n) is 6.68. The highest BCUT2D eigenvalue weighted by molar-refractivity contribution is 7.18. The van der Waals surface area contributed by atoms with Crippen molar-refractivity contribution in [2.75, 3.05) is 36.4 Å². The second-order valence-electron chi connectivity index (χ2n) is 8.81. The van der Waals surface area contributed by atoms with Crippen LogP contribution in [0.3, 0.4) is 0 Å². The van der Waals surface area contributed by atoms with E-state index in [4.69, 9.17) is 16.2 Å². The van der Waals surface area contributed by atoms with E-state index in [1.165, 1.54) is 10.4 Å². The molecule has 10 nitrogen and oxygen atoms in total. The van der Waals surface area contributed by atoms with Crippen LogP contribution in [0.15, 0.2) is 6.33 Å². The third-order valence-corrected chi connectivity index (χ3v) is 7.79. The fourth-order valence-corrected chi connectivity index (χ4v) is 5.77. The predicted molar refractivity (Wildman–Crippen MR) is 128 cm³/mol. The van der Waals surface area contributed by atoms with Crippen LogP contribution in [-0.4, -0.2) is 56.0 Å². The Hall–Kier alpha value is -3.21. The van der Waals surface area contributed by atoms with Gasteiger partial charge in [0.2, 0.25) is 17.7 Å². The van der Waals surface area contributed by atoms with Crippen LogP contribution in [0, 0.1) is 13.8 Å².